The minimum absolute atomic E-state index is 0.516. The van der Waals surface area contributed by atoms with Crippen molar-refractivity contribution < 1.29 is 4.74 Å². The zero-order valence-electron chi connectivity index (χ0n) is 12.5. The van der Waals surface area contributed by atoms with E-state index in [2.05, 4.69) is 37.0 Å². The molecule has 0 bridgehead atoms. The molecule has 0 unspecified atom stereocenters. The van der Waals surface area contributed by atoms with Gasteiger partial charge in [-0.1, -0.05) is 32.0 Å². The van der Waals surface area contributed by atoms with Gasteiger partial charge in [0, 0.05) is 12.4 Å². The van der Waals surface area contributed by atoms with Crippen molar-refractivity contribution in [3.05, 3.63) is 59.9 Å². The maximum Gasteiger partial charge on any atom is 0.118 e. The number of methoxy groups -OCH3 is 1. The van der Waals surface area contributed by atoms with Crippen molar-refractivity contribution in [1.29, 1.82) is 0 Å². The zero-order valence-corrected chi connectivity index (χ0v) is 12.5. The summed E-state index contributed by atoms with van der Waals surface area (Å²) in [5, 5.41) is 0. The number of rotatable bonds is 6. The number of benzene rings is 1. The van der Waals surface area contributed by atoms with Crippen molar-refractivity contribution >= 4 is 0 Å². The van der Waals surface area contributed by atoms with Gasteiger partial charge in [0.1, 0.15) is 5.75 Å². The summed E-state index contributed by atoms with van der Waals surface area (Å²) < 4.78 is 5.24. The van der Waals surface area contributed by atoms with Gasteiger partial charge in [0.05, 0.1) is 7.11 Å². The molecule has 0 amide bonds. The topological polar surface area (TPSA) is 22.1 Å². The SMILES string of the molecule is CC[C@H](c1ccc(OC)cc1)[C@@H](CC)c1cccnc1. The number of ether oxygens (including phenoxy) is 1. The van der Waals surface area contributed by atoms with E-state index in [9.17, 15) is 0 Å². The molecule has 1 aromatic carbocycles. The van der Waals surface area contributed by atoms with Gasteiger partial charge in [0.25, 0.3) is 0 Å². The van der Waals surface area contributed by atoms with E-state index in [4.69, 9.17) is 4.74 Å². The Balaban J connectivity index is 2.29. The van der Waals surface area contributed by atoms with E-state index in [1.807, 2.05) is 30.6 Å². The Bertz CT molecular complexity index is 507. The van der Waals surface area contributed by atoms with Gasteiger partial charge in [-0.25, -0.2) is 0 Å². The predicted molar refractivity (Wildman–Crippen MR) is 83.3 cm³/mol. The van der Waals surface area contributed by atoms with Crippen LogP contribution in [0.1, 0.15) is 49.7 Å². The molecule has 2 aromatic rings. The third-order valence-corrected chi connectivity index (χ3v) is 4.02. The summed E-state index contributed by atoms with van der Waals surface area (Å²) in [4.78, 5) is 4.27. The van der Waals surface area contributed by atoms with Gasteiger partial charge in [-0.3, -0.25) is 4.98 Å². The molecule has 0 aliphatic carbocycles. The van der Waals surface area contributed by atoms with E-state index in [0.29, 0.717) is 11.8 Å². The number of hydrogen-bond acceptors (Lipinski definition) is 2. The van der Waals surface area contributed by atoms with E-state index < -0.39 is 0 Å². The molecule has 0 N–H and O–H groups in total. The molecule has 1 aromatic heterocycles. The average molecular weight is 269 g/mol. The highest BCUT2D eigenvalue weighted by atomic mass is 16.5. The molecule has 20 heavy (non-hydrogen) atoms. The number of hydrogen-bond donors (Lipinski definition) is 0. The summed E-state index contributed by atoms with van der Waals surface area (Å²) in [6.45, 7) is 4.51. The summed E-state index contributed by atoms with van der Waals surface area (Å²) in [5.41, 5.74) is 2.71. The van der Waals surface area contributed by atoms with Gasteiger partial charge in [-0.2, -0.15) is 0 Å². The van der Waals surface area contributed by atoms with Crippen molar-refractivity contribution in [3.63, 3.8) is 0 Å². The lowest BCUT2D eigenvalue weighted by molar-refractivity contribution is 0.414. The molecule has 2 rings (SSSR count). The summed E-state index contributed by atoms with van der Waals surface area (Å²) in [6, 6.07) is 12.7. The Kier molecular flexibility index (Phi) is 5.16. The second kappa shape index (κ2) is 7.09. The minimum atomic E-state index is 0.516. The second-order valence-electron chi connectivity index (χ2n) is 5.09. The molecule has 0 radical (unpaired) electrons. The highest BCUT2D eigenvalue weighted by Crippen LogP contribution is 2.37. The first-order valence-corrected chi connectivity index (χ1v) is 7.34. The third kappa shape index (κ3) is 3.19. The molecular weight excluding hydrogens is 246 g/mol. The van der Waals surface area contributed by atoms with Crippen LogP contribution >= 0.6 is 0 Å². The van der Waals surface area contributed by atoms with Gasteiger partial charge >= 0.3 is 0 Å². The highest BCUT2D eigenvalue weighted by Gasteiger charge is 2.22. The molecular formula is C18H23NO. The Labute approximate surface area is 121 Å². The summed E-state index contributed by atoms with van der Waals surface area (Å²) >= 11 is 0. The monoisotopic (exact) mass is 269 g/mol. The fourth-order valence-electron chi connectivity index (χ4n) is 2.95. The summed E-state index contributed by atoms with van der Waals surface area (Å²) in [5.74, 6) is 1.95. The van der Waals surface area contributed by atoms with Crippen LogP contribution in [0.5, 0.6) is 5.75 Å². The normalized spacial score (nSPS) is 13.8. The van der Waals surface area contributed by atoms with Gasteiger partial charge in [0.15, 0.2) is 0 Å². The van der Waals surface area contributed by atoms with Gasteiger partial charge in [0.2, 0.25) is 0 Å². The van der Waals surface area contributed by atoms with E-state index in [0.717, 1.165) is 18.6 Å². The zero-order chi connectivity index (χ0) is 14.4. The first-order valence-electron chi connectivity index (χ1n) is 7.34. The summed E-state index contributed by atoms with van der Waals surface area (Å²) in [6.07, 6.45) is 6.08. The molecule has 1 heterocycles. The lowest BCUT2D eigenvalue weighted by Gasteiger charge is -2.26. The van der Waals surface area contributed by atoms with Crippen LogP contribution in [0, 0.1) is 0 Å². The van der Waals surface area contributed by atoms with Crippen LogP contribution in [0.15, 0.2) is 48.8 Å². The standard InChI is InChI=1S/C18H23NO/c1-4-17(14-8-10-16(20-3)11-9-14)18(5-2)15-7-6-12-19-13-15/h6-13,17-18H,4-5H2,1-3H3/t17-,18+/m1/s1. The van der Waals surface area contributed by atoms with Crippen molar-refractivity contribution in [2.45, 2.75) is 38.5 Å². The molecule has 0 saturated heterocycles. The fourth-order valence-corrected chi connectivity index (χ4v) is 2.95. The number of pyridine rings is 1. The highest BCUT2D eigenvalue weighted by molar-refractivity contribution is 5.32. The fraction of sp³-hybridized carbons (Fsp3) is 0.389. The maximum atomic E-state index is 5.24. The maximum absolute atomic E-state index is 5.24. The average Bonchev–Trinajstić information content (AvgIpc) is 2.53. The Morgan fingerprint density at radius 1 is 0.950 bits per heavy atom. The van der Waals surface area contributed by atoms with Crippen LogP contribution in [-0.2, 0) is 0 Å². The van der Waals surface area contributed by atoms with Crippen molar-refractivity contribution in [3.8, 4) is 5.75 Å². The smallest absolute Gasteiger partial charge is 0.118 e. The molecule has 0 fully saturated rings. The van der Waals surface area contributed by atoms with Gasteiger partial charge < -0.3 is 4.74 Å². The van der Waals surface area contributed by atoms with Crippen LogP contribution in [0.3, 0.4) is 0 Å². The molecule has 0 aliphatic rings. The number of nitrogens with zero attached hydrogens (tertiary/aromatic N) is 1. The van der Waals surface area contributed by atoms with E-state index in [-0.39, 0.29) is 0 Å². The first kappa shape index (κ1) is 14.6. The van der Waals surface area contributed by atoms with Gasteiger partial charge in [-0.05, 0) is 54.0 Å². The lowest BCUT2D eigenvalue weighted by Crippen LogP contribution is -2.10. The van der Waals surface area contributed by atoms with Crippen molar-refractivity contribution in [2.75, 3.05) is 7.11 Å². The third-order valence-electron chi connectivity index (χ3n) is 4.02. The number of aromatic nitrogens is 1. The quantitative estimate of drug-likeness (QED) is 0.753. The second-order valence-corrected chi connectivity index (χ2v) is 5.09. The summed E-state index contributed by atoms with van der Waals surface area (Å²) in [7, 11) is 1.71. The molecule has 0 spiro atoms. The molecule has 106 valence electrons. The van der Waals surface area contributed by atoms with Gasteiger partial charge in [-0.15, -0.1) is 0 Å². The van der Waals surface area contributed by atoms with Crippen LogP contribution in [0.4, 0.5) is 0 Å². The van der Waals surface area contributed by atoms with E-state index in [1.54, 1.807) is 7.11 Å². The Morgan fingerprint density at radius 2 is 1.60 bits per heavy atom. The minimum Gasteiger partial charge on any atom is -0.497 e. The largest absolute Gasteiger partial charge is 0.497 e. The molecule has 0 saturated carbocycles. The van der Waals surface area contributed by atoms with Crippen LogP contribution < -0.4 is 4.74 Å². The van der Waals surface area contributed by atoms with Crippen molar-refractivity contribution in [2.24, 2.45) is 0 Å². The molecule has 0 aliphatic heterocycles. The van der Waals surface area contributed by atoms with Crippen LogP contribution in [-0.4, -0.2) is 12.1 Å². The van der Waals surface area contributed by atoms with Crippen molar-refractivity contribution in [1.82, 2.24) is 4.98 Å². The van der Waals surface area contributed by atoms with E-state index >= 15 is 0 Å². The Morgan fingerprint density at radius 3 is 2.10 bits per heavy atom. The molecule has 2 atom stereocenters. The van der Waals surface area contributed by atoms with Crippen LogP contribution in [0.2, 0.25) is 0 Å². The molecule has 2 nitrogen and oxygen atoms in total. The van der Waals surface area contributed by atoms with Crippen LogP contribution in [0.25, 0.3) is 0 Å². The van der Waals surface area contributed by atoms with E-state index in [1.165, 1.54) is 11.1 Å². The first-order chi connectivity index (χ1) is 9.80. The molecule has 2 heteroatoms. The Hall–Kier alpha value is -1.83. The predicted octanol–water partition coefficient (Wildman–Crippen LogP) is 4.78. The lowest BCUT2D eigenvalue weighted by atomic mass is 9.79.